The van der Waals surface area contributed by atoms with Gasteiger partial charge in [0, 0.05) is 44.5 Å². The number of likely N-dealkylation sites (N-methyl/N-ethyl adjacent to an activating group) is 1. The predicted octanol–water partition coefficient (Wildman–Crippen LogP) is 2.38. The second-order valence-electron chi connectivity index (χ2n) is 5.50. The fourth-order valence-electron chi connectivity index (χ4n) is 2.99. The third-order valence-corrected chi connectivity index (χ3v) is 4.11. The molecule has 1 aromatic rings. The van der Waals surface area contributed by atoms with Crippen molar-refractivity contribution in [1.29, 1.82) is 0 Å². The van der Waals surface area contributed by atoms with E-state index in [0.717, 1.165) is 43.9 Å². The molecule has 118 valence electrons. The number of carbonyl (C=O) groups is 1. The number of H-pyrrole nitrogens is 1. The van der Waals surface area contributed by atoms with Crippen LogP contribution in [0.15, 0.2) is 6.20 Å². The van der Waals surface area contributed by atoms with E-state index in [2.05, 4.69) is 21.9 Å². The lowest BCUT2D eigenvalue weighted by Gasteiger charge is -2.30. The van der Waals surface area contributed by atoms with Gasteiger partial charge in [0.05, 0.1) is 12.2 Å². The molecule has 2 heterocycles. The molecule has 1 aliphatic heterocycles. The van der Waals surface area contributed by atoms with E-state index in [1.54, 1.807) is 0 Å². The minimum absolute atomic E-state index is 0.213. The molecule has 0 radical (unpaired) electrons. The molecule has 5 nitrogen and oxygen atoms in total. The van der Waals surface area contributed by atoms with Crippen LogP contribution in [0.4, 0.5) is 0 Å². The first-order valence-corrected chi connectivity index (χ1v) is 8.01. The Morgan fingerprint density at radius 3 is 2.71 bits per heavy atom. The van der Waals surface area contributed by atoms with Crippen LogP contribution in [-0.2, 0) is 11.2 Å². The maximum atomic E-state index is 12.1. The Hall–Kier alpha value is -1.33. The summed E-state index contributed by atoms with van der Waals surface area (Å²) in [4.78, 5) is 15.3. The Morgan fingerprint density at radius 2 is 2.10 bits per heavy atom. The van der Waals surface area contributed by atoms with Crippen LogP contribution < -0.4 is 0 Å². The molecule has 0 aliphatic carbocycles. The van der Waals surface area contributed by atoms with Crippen LogP contribution >= 0.6 is 0 Å². The van der Waals surface area contributed by atoms with Gasteiger partial charge in [-0.15, -0.1) is 0 Å². The smallest absolute Gasteiger partial charge is 0.340 e. The molecule has 0 amide bonds. The molecule has 1 N–H and O–H groups in total. The van der Waals surface area contributed by atoms with Crippen molar-refractivity contribution in [2.45, 2.75) is 40.0 Å². The molecule has 0 bridgehead atoms. The number of esters is 1. The van der Waals surface area contributed by atoms with Crippen LogP contribution in [0, 0.1) is 6.92 Å². The molecular weight excluding hydrogens is 266 g/mol. The zero-order valence-corrected chi connectivity index (χ0v) is 13.4. The number of aromatic nitrogens is 1. The van der Waals surface area contributed by atoms with Crippen molar-refractivity contribution >= 4 is 5.97 Å². The number of hydrazine groups is 1. The number of hydrogen-bond donors (Lipinski definition) is 1. The predicted molar refractivity (Wildman–Crippen MR) is 83.2 cm³/mol. The second-order valence-corrected chi connectivity index (χ2v) is 5.50. The summed E-state index contributed by atoms with van der Waals surface area (Å²) in [5, 5.41) is 4.82. The second kappa shape index (κ2) is 7.61. The van der Waals surface area contributed by atoms with Crippen molar-refractivity contribution < 1.29 is 9.53 Å². The van der Waals surface area contributed by atoms with Crippen LogP contribution in [0.2, 0.25) is 0 Å². The third-order valence-electron chi connectivity index (χ3n) is 4.11. The first-order chi connectivity index (χ1) is 10.2. The summed E-state index contributed by atoms with van der Waals surface area (Å²) in [6.45, 7) is 10.6. The first kappa shape index (κ1) is 16.0. The molecule has 0 spiro atoms. The number of aromatic amines is 1. The van der Waals surface area contributed by atoms with Crippen molar-refractivity contribution in [1.82, 2.24) is 15.0 Å². The minimum atomic E-state index is -0.213. The topological polar surface area (TPSA) is 48.6 Å². The molecule has 1 fully saturated rings. The highest BCUT2D eigenvalue weighted by Gasteiger charge is 2.21. The lowest BCUT2D eigenvalue weighted by molar-refractivity contribution is 0.00274. The SMILES string of the molecule is CCOC(=O)c1c(C)c[nH]c1CCN(CC)N1CCCC1. The van der Waals surface area contributed by atoms with E-state index in [1.807, 2.05) is 20.0 Å². The van der Waals surface area contributed by atoms with E-state index < -0.39 is 0 Å². The highest BCUT2D eigenvalue weighted by Crippen LogP contribution is 2.17. The van der Waals surface area contributed by atoms with E-state index in [0.29, 0.717) is 12.2 Å². The average molecular weight is 293 g/mol. The number of ether oxygens (including phenoxy) is 1. The average Bonchev–Trinajstić information content (AvgIpc) is 3.10. The van der Waals surface area contributed by atoms with E-state index in [1.165, 1.54) is 12.8 Å². The van der Waals surface area contributed by atoms with Crippen LogP contribution in [0.5, 0.6) is 0 Å². The molecule has 0 aromatic carbocycles. The van der Waals surface area contributed by atoms with E-state index >= 15 is 0 Å². The molecule has 0 saturated carbocycles. The number of nitrogens with zero attached hydrogens (tertiary/aromatic N) is 2. The van der Waals surface area contributed by atoms with Crippen molar-refractivity contribution in [3.05, 3.63) is 23.0 Å². The van der Waals surface area contributed by atoms with E-state index in [-0.39, 0.29) is 5.97 Å². The van der Waals surface area contributed by atoms with Crippen molar-refractivity contribution in [3.63, 3.8) is 0 Å². The summed E-state index contributed by atoms with van der Waals surface area (Å²) in [5.41, 5.74) is 2.67. The number of rotatable bonds is 7. The Kier molecular flexibility index (Phi) is 5.82. The number of aryl methyl sites for hydroxylation is 1. The van der Waals surface area contributed by atoms with E-state index in [4.69, 9.17) is 4.74 Å². The highest BCUT2D eigenvalue weighted by atomic mass is 16.5. The zero-order chi connectivity index (χ0) is 15.2. The van der Waals surface area contributed by atoms with Crippen molar-refractivity contribution in [2.24, 2.45) is 0 Å². The monoisotopic (exact) mass is 293 g/mol. The lowest BCUT2D eigenvalue weighted by atomic mass is 10.1. The van der Waals surface area contributed by atoms with Gasteiger partial charge in [0.25, 0.3) is 0 Å². The molecule has 5 heteroatoms. The van der Waals surface area contributed by atoms with Crippen LogP contribution in [0.3, 0.4) is 0 Å². The van der Waals surface area contributed by atoms with Crippen LogP contribution in [0.1, 0.15) is 48.3 Å². The quantitative estimate of drug-likeness (QED) is 0.784. The maximum absolute atomic E-state index is 12.1. The Morgan fingerprint density at radius 1 is 1.38 bits per heavy atom. The van der Waals surface area contributed by atoms with Gasteiger partial charge in [-0.25, -0.2) is 14.8 Å². The fourth-order valence-corrected chi connectivity index (χ4v) is 2.99. The molecule has 1 aliphatic rings. The molecule has 2 rings (SSSR count). The summed E-state index contributed by atoms with van der Waals surface area (Å²) >= 11 is 0. The van der Waals surface area contributed by atoms with Crippen LogP contribution in [-0.4, -0.2) is 53.8 Å². The van der Waals surface area contributed by atoms with Crippen molar-refractivity contribution in [3.8, 4) is 0 Å². The summed E-state index contributed by atoms with van der Waals surface area (Å²) in [6.07, 6.45) is 5.30. The van der Waals surface area contributed by atoms with Gasteiger partial charge >= 0.3 is 5.97 Å². The van der Waals surface area contributed by atoms with Crippen LogP contribution in [0.25, 0.3) is 0 Å². The Bertz CT molecular complexity index is 464. The van der Waals surface area contributed by atoms with Gasteiger partial charge in [0.1, 0.15) is 0 Å². The van der Waals surface area contributed by atoms with Gasteiger partial charge in [0.15, 0.2) is 0 Å². The maximum Gasteiger partial charge on any atom is 0.340 e. The highest BCUT2D eigenvalue weighted by molar-refractivity contribution is 5.92. The molecule has 21 heavy (non-hydrogen) atoms. The summed E-state index contributed by atoms with van der Waals surface area (Å²) in [6, 6.07) is 0. The number of nitrogens with one attached hydrogen (secondary N) is 1. The standard InChI is InChI=1S/C16H27N3O2/c1-4-18(19-9-6-7-10-19)11-8-14-15(13(3)12-17-14)16(20)21-5-2/h12,17H,4-11H2,1-3H3. The fraction of sp³-hybridized carbons (Fsp3) is 0.688. The third kappa shape index (κ3) is 3.86. The summed E-state index contributed by atoms with van der Waals surface area (Å²) in [7, 11) is 0. The number of carbonyl (C=O) groups excluding carboxylic acids is 1. The van der Waals surface area contributed by atoms with Gasteiger partial charge in [-0.1, -0.05) is 6.92 Å². The summed E-state index contributed by atoms with van der Waals surface area (Å²) in [5.74, 6) is -0.213. The largest absolute Gasteiger partial charge is 0.462 e. The van der Waals surface area contributed by atoms with Gasteiger partial charge in [-0.3, -0.25) is 0 Å². The van der Waals surface area contributed by atoms with Crippen molar-refractivity contribution in [2.75, 3.05) is 32.8 Å². The zero-order valence-electron chi connectivity index (χ0n) is 13.4. The normalized spacial score (nSPS) is 15.8. The van der Waals surface area contributed by atoms with Gasteiger partial charge < -0.3 is 9.72 Å². The molecule has 1 saturated heterocycles. The summed E-state index contributed by atoms with van der Waals surface area (Å²) < 4.78 is 5.16. The molecule has 1 aromatic heterocycles. The van der Waals surface area contributed by atoms with Gasteiger partial charge in [0.2, 0.25) is 0 Å². The van der Waals surface area contributed by atoms with E-state index in [9.17, 15) is 4.79 Å². The lowest BCUT2D eigenvalue weighted by Crippen LogP contribution is -2.41. The van der Waals surface area contributed by atoms with Gasteiger partial charge in [-0.2, -0.15) is 0 Å². The number of hydrogen-bond acceptors (Lipinski definition) is 4. The molecule has 0 atom stereocenters. The first-order valence-electron chi connectivity index (χ1n) is 8.01. The Labute approximate surface area is 127 Å². The Balaban J connectivity index is 2.00. The minimum Gasteiger partial charge on any atom is -0.462 e. The molecular formula is C16H27N3O2. The molecule has 0 unspecified atom stereocenters. The van der Waals surface area contributed by atoms with Gasteiger partial charge in [-0.05, 0) is 32.3 Å².